The van der Waals surface area contributed by atoms with Gasteiger partial charge in [0.25, 0.3) is 0 Å². The van der Waals surface area contributed by atoms with Gasteiger partial charge in [0.1, 0.15) is 5.15 Å². The molecule has 1 heterocycles. The topological polar surface area (TPSA) is 24.9 Å². The summed E-state index contributed by atoms with van der Waals surface area (Å²) in [6.07, 6.45) is 0. The lowest BCUT2D eigenvalue weighted by Gasteiger charge is -2.11. The minimum Gasteiger partial charge on any atom is -0.339 e. The molecule has 0 saturated heterocycles. The van der Waals surface area contributed by atoms with Gasteiger partial charge in [0.2, 0.25) is 0 Å². The summed E-state index contributed by atoms with van der Waals surface area (Å²) in [6.45, 7) is 1.99. The number of rotatable bonds is 2. The fraction of sp³-hybridized carbons (Fsp3) is 0.0833. The van der Waals surface area contributed by atoms with E-state index in [1.54, 1.807) is 6.07 Å². The van der Waals surface area contributed by atoms with Gasteiger partial charge in [0, 0.05) is 10.2 Å². The van der Waals surface area contributed by atoms with Gasteiger partial charge in [-0.25, -0.2) is 4.98 Å². The maximum atomic E-state index is 6.06. The maximum absolute atomic E-state index is 6.06. The molecule has 2 nitrogen and oxygen atoms in total. The number of hydrogen-bond donors (Lipinski definition) is 1. The highest BCUT2D eigenvalue weighted by Gasteiger charge is 2.09. The summed E-state index contributed by atoms with van der Waals surface area (Å²) < 4.78 is 0.965. The molecule has 0 radical (unpaired) electrons. The van der Waals surface area contributed by atoms with Gasteiger partial charge >= 0.3 is 0 Å². The van der Waals surface area contributed by atoms with Crippen molar-refractivity contribution < 1.29 is 0 Å². The number of nitrogens with zero attached hydrogens (tertiary/aromatic N) is 1. The molecule has 0 atom stereocenters. The summed E-state index contributed by atoms with van der Waals surface area (Å²) in [5.41, 5.74) is 1.97. The van der Waals surface area contributed by atoms with Crippen LogP contribution >= 0.6 is 50.7 Å². The van der Waals surface area contributed by atoms with Crippen molar-refractivity contribution in [3.63, 3.8) is 0 Å². The second kappa shape index (κ2) is 5.66. The van der Waals surface area contributed by atoms with Crippen molar-refractivity contribution in [2.45, 2.75) is 6.92 Å². The molecule has 1 N–H and O–H groups in total. The van der Waals surface area contributed by atoms with Crippen LogP contribution in [0.4, 0.5) is 11.5 Å². The van der Waals surface area contributed by atoms with Gasteiger partial charge in [0.15, 0.2) is 5.82 Å². The lowest BCUT2D eigenvalue weighted by atomic mass is 10.2. The first-order chi connectivity index (χ1) is 8.47. The van der Waals surface area contributed by atoms with E-state index in [4.69, 9.17) is 34.8 Å². The van der Waals surface area contributed by atoms with E-state index in [1.165, 1.54) is 0 Å². The second-order valence-electron chi connectivity index (χ2n) is 3.68. The first-order valence-electron chi connectivity index (χ1n) is 5.02. The molecule has 0 aliphatic heterocycles. The van der Waals surface area contributed by atoms with Crippen molar-refractivity contribution in [3.05, 3.63) is 49.5 Å². The molecular formula is C12H8BrCl3N2. The van der Waals surface area contributed by atoms with Crippen molar-refractivity contribution >= 4 is 62.2 Å². The molecule has 18 heavy (non-hydrogen) atoms. The minimum absolute atomic E-state index is 0.219. The van der Waals surface area contributed by atoms with E-state index < -0.39 is 0 Å². The Kier molecular flexibility index (Phi) is 4.38. The molecule has 2 aromatic rings. The summed E-state index contributed by atoms with van der Waals surface area (Å²) in [7, 11) is 0. The van der Waals surface area contributed by atoms with E-state index in [0.717, 1.165) is 15.7 Å². The fourth-order valence-corrected chi connectivity index (χ4v) is 2.29. The second-order valence-corrected chi connectivity index (χ2v) is 5.76. The normalized spacial score (nSPS) is 10.5. The molecule has 0 aliphatic carbocycles. The number of halogens is 4. The smallest absolute Gasteiger partial charge is 0.151 e. The van der Waals surface area contributed by atoms with E-state index in [2.05, 4.69) is 26.2 Å². The van der Waals surface area contributed by atoms with Crippen LogP contribution in [-0.2, 0) is 0 Å². The highest BCUT2D eigenvalue weighted by atomic mass is 79.9. The number of pyridine rings is 1. The van der Waals surface area contributed by atoms with Crippen LogP contribution < -0.4 is 5.32 Å². The number of benzene rings is 1. The van der Waals surface area contributed by atoms with Crippen LogP contribution in [0.25, 0.3) is 0 Å². The molecular weight excluding hydrogens is 358 g/mol. The number of aromatic nitrogens is 1. The largest absolute Gasteiger partial charge is 0.339 e. The third-order valence-corrected chi connectivity index (χ3v) is 3.79. The molecule has 1 aromatic carbocycles. The van der Waals surface area contributed by atoms with E-state index >= 15 is 0 Å². The summed E-state index contributed by atoms with van der Waals surface area (Å²) in [4.78, 5) is 4.11. The third kappa shape index (κ3) is 3.09. The molecule has 6 heteroatoms. The average molecular weight is 366 g/mol. The highest BCUT2D eigenvalue weighted by molar-refractivity contribution is 9.10. The van der Waals surface area contributed by atoms with Crippen molar-refractivity contribution in [2.24, 2.45) is 0 Å². The van der Waals surface area contributed by atoms with Crippen LogP contribution in [-0.4, -0.2) is 4.98 Å². The standard InChI is InChI=1S/C12H8BrCl3N2/c1-6-2-3-7(13)4-10(6)17-12-9(15)5-8(14)11(16)18-12/h2-5H,1H3,(H,17,18). The van der Waals surface area contributed by atoms with Crippen LogP contribution in [0.1, 0.15) is 5.56 Å². The Labute approximate surface area is 128 Å². The Morgan fingerprint density at radius 2 is 1.83 bits per heavy atom. The molecule has 0 spiro atoms. The van der Waals surface area contributed by atoms with E-state index in [-0.39, 0.29) is 5.15 Å². The monoisotopic (exact) mass is 364 g/mol. The number of aryl methyl sites for hydroxylation is 1. The van der Waals surface area contributed by atoms with Gasteiger partial charge in [-0.05, 0) is 30.7 Å². The van der Waals surface area contributed by atoms with Crippen LogP contribution in [0.2, 0.25) is 15.2 Å². The fourth-order valence-electron chi connectivity index (χ4n) is 1.39. The van der Waals surface area contributed by atoms with Crippen LogP contribution in [0.5, 0.6) is 0 Å². The van der Waals surface area contributed by atoms with E-state index in [0.29, 0.717) is 15.9 Å². The van der Waals surface area contributed by atoms with Crippen molar-refractivity contribution in [1.82, 2.24) is 4.98 Å². The highest BCUT2D eigenvalue weighted by Crippen LogP contribution is 2.32. The predicted molar refractivity (Wildman–Crippen MR) is 81.4 cm³/mol. The maximum Gasteiger partial charge on any atom is 0.151 e. The Hall–Kier alpha value is -0.480. The summed E-state index contributed by atoms with van der Waals surface area (Å²) >= 11 is 21.2. The Balaban J connectivity index is 2.40. The quantitative estimate of drug-likeness (QED) is 0.674. The molecule has 94 valence electrons. The summed E-state index contributed by atoms with van der Waals surface area (Å²) in [5.74, 6) is 0.479. The molecule has 0 amide bonds. The average Bonchev–Trinajstić information content (AvgIpc) is 2.30. The van der Waals surface area contributed by atoms with Gasteiger partial charge < -0.3 is 5.32 Å². The molecule has 2 rings (SSSR count). The Morgan fingerprint density at radius 1 is 1.11 bits per heavy atom. The number of hydrogen-bond acceptors (Lipinski definition) is 2. The van der Waals surface area contributed by atoms with Crippen LogP contribution in [0.15, 0.2) is 28.7 Å². The first kappa shape index (κ1) is 13.9. The van der Waals surface area contributed by atoms with E-state index in [1.807, 2.05) is 25.1 Å². The van der Waals surface area contributed by atoms with Gasteiger partial charge in [0.05, 0.1) is 10.0 Å². The third-order valence-electron chi connectivity index (χ3n) is 2.34. The van der Waals surface area contributed by atoms with Gasteiger partial charge in [-0.1, -0.05) is 56.8 Å². The van der Waals surface area contributed by atoms with Crippen molar-refractivity contribution in [2.75, 3.05) is 5.32 Å². The predicted octanol–water partition coefficient (Wildman–Crippen LogP) is 5.86. The van der Waals surface area contributed by atoms with Crippen molar-refractivity contribution in [1.29, 1.82) is 0 Å². The molecule has 0 fully saturated rings. The number of nitrogens with one attached hydrogen (secondary N) is 1. The van der Waals surface area contributed by atoms with Gasteiger partial charge in [-0.2, -0.15) is 0 Å². The zero-order valence-corrected chi connectivity index (χ0v) is 13.1. The Morgan fingerprint density at radius 3 is 2.56 bits per heavy atom. The van der Waals surface area contributed by atoms with Crippen LogP contribution in [0.3, 0.4) is 0 Å². The summed E-state index contributed by atoms with van der Waals surface area (Å²) in [5, 5.41) is 4.10. The zero-order chi connectivity index (χ0) is 13.3. The molecule has 0 unspecified atom stereocenters. The SMILES string of the molecule is Cc1ccc(Br)cc1Nc1nc(Cl)c(Cl)cc1Cl. The van der Waals surface area contributed by atoms with Crippen LogP contribution in [0, 0.1) is 6.92 Å². The lowest BCUT2D eigenvalue weighted by Crippen LogP contribution is -1.97. The molecule has 0 aliphatic rings. The first-order valence-corrected chi connectivity index (χ1v) is 6.95. The van der Waals surface area contributed by atoms with Gasteiger partial charge in [-0.3, -0.25) is 0 Å². The van der Waals surface area contributed by atoms with E-state index in [9.17, 15) is 0 Å². The number of anilines is 2. The zero-order valence-electron chi connectivity index (χ0n) is 9.27. The molecule has 1 aromatic heterocycles. The molecule has 0 saturated carbocycles. The molecule has 0 bridgehead atoms. The van der Waals surface area contributed by atoms with Gasteiger partial charge in [-0.15, -0.1) is 0 Å². The minimum atomic E-state index is 0.219. The lowest BCUT2D eigenvalue weighted by molar-refractivity contribution is 1.29. The summed E-state index contributed by atoms with van der Waals surface area (Å²) in [6, 6.07) is 7.45. The van der Waals surface area contributed by atoms with Crippen molar-refractivity contribution in [3.8, 4) is 0 Å². The Bertz CT molecular complexity index is 602.